The molecule has 178 valence electrons. The molecule has 4 rings (SSSR count). The highest BCUT2D eigenvalue weighted by Crippen LogP contribution is 2.38. The van der Waals surface area contributed by atoms with Crippen LogP contribution in [-0.4, -0.2) is 40.1 Å². The number of benzene rings is 3. The molecule has 1 aliphatic heterocycles. The summed E-state index contributed by atoms with van der Waals surface area (Å²) in [4.78, 5) is 27.4. The Morgan fingerprint density at radius 3 is 2.46 bits per heavy atom. The highest BCUT2D eigenvalue weighted by molar-refractivity contribution is 7.91. The molecule has 0 atom stereocenters. The Balaban J connectivity index is 1.81. The summed E-state index contributed by atoms with van der Waals surface area (Å²) < 4.78 is 37.4. The van der Waals surface area contributed by atoms with Crippen LogP contribution in [0, 0.1) is 11.3 Å². The summed E-state index contributed by atoms with van der Waals surface area (Å²) in [6, 6.07) is 18.8. The number of fused-ring (bicyclic) bond motifs is 2. The van der Waals surface area contributed by atoms with Gasteiger partial charge in [0.05, 0.1) is 51.4 Å². The van der Waals surface area contributed by atoms with Gasteiger partial charge >= 0.3 is 5.97 Å². The molecule has 0 N–H and O–H groups in total. The molecule has 35 heavy (non-hydrogen) atoms. The molecule has 0 aromatic heterocycles. The van der Waals surface area contributed by atoms with E-state index in [0.717, 1.165) is 0 Å². The SMILES string of the molecule is CCOCCOC(=O)c1ccc2c(c1)N(Cc1ccc(C#N)cc1)C(=O)c1ccccc1S2(=O)=O. The summed E-state index contributed by atoms with van der Waals surface area (Å²) in [5.41, 5.74) is 1.37. The zero-order valence-electron chi connectivity index (χ0n) is 18.9. The van der Waals surface area contributed by atoms with Gasteiger partial charge in [-0.25, -0.2) is 13.2 Å². The largest absolute Gasteiger partial charge is 0.460 e. The second-order valence-electron chi connectivity index (χ2n) is 7.71. The number of rotatable bonds is 7. The van der Waals surface area contributed by atoms with Gasteiger partial charge in [0.2, 0.25) is 9.84 Å². The summed E-state index contributed by atoms with van der Waals surface area (Å²) in [5.74, 6) is -1.17. The van der Waals surface area contributed by atoms with Crippen molar-refractivity contribution >= 4 is 27.4 Å². The lowest BCUT2D eigenvalue weighted by Gasteiger charge is -2.23. The van der Waals surface area contributed by atoms with Gasteiger partial charge in [-0.15, -0.1) is 0 Å². The summed E-state index contributed by atoms with van der Waals surface area (Å²) in [7, 11) is -4.05. The van der Waals surface area contributed by atoms with Crippen LogP contribution in [0.2, 0.25) is 0 Å². The molecule has 1 heterocycles. The van der Waals surface area contributed by atoms with E-state index in [4.69, 9.17) is 14.7 Å². The van der Waals surface area contributed by atoms with Crippen LogP contribution in [0.25, 0.3) is 0 Å². The minimum Gasteiger partial charge on any atom is -0.460 e. The normalized spacial score (nSPS) is 13.8. The van der Waals surface area contributed by atoms with E-state index in [1.807, 2.05) is 13.0 Å². The molecule has 3 aromatic rings. The number of hydrogen-bond donors (Lipinski definition) is 0. The van der Waals surface area contributed by atoms with Crippen LogP contribution >= 0.6 is 0 Å². The van der Waals surface area contributed by atoms with Gasteiger partial charge in [0.15, 0.2) is 0 Å². The van der Waals surface area contributed by atoms with Crippen LogP contribution in [-0.2, 0) is 25.9 Å². The maximum atomic E-state index is 13.6. The van der Waals surface area contributed by atoms with Gasteiger partial charge in [-0.3, -0.25) is 4.79 Å². The molecule has 0 spiro atoms. The zero-order valence-corrected chi connectivity index (χ0v) is 19.7. The number of carbonyl (C=O) groups is 2. The summed E-state index contributed by atoms with van der Waals surface area (Å²) in [6.45, 7) is 2.62. The number of amides is 1. The van der Waals surface area contributed by atoms with Crippen molar-refractivity contribution in [1.82, 2.24) is 0 Å². The predicted molar refractivity (Wildman–Crippen MR) is 127 cm³/mol. The van der Waals surface area contributed by atoms with Gasteiger partial charge in [0.1, 0.15) is 6.61 Å². The van der Waals surface area contributed by atoms with E-state index in [1.165, 1.54) is 35.2 Å². The van der Waals surface area contributed by atoms with Crippen LogP contribution in [0.15, 0.2) is 76.5 Å². The first kappa shape index (κ1) is 24.1. The molecule has 9 heteroatoms. The summed E-state index contributed by atoms with van der Waals surface area (Å²) in [6.07, 6.45) is 0. The van der Waals surface area contributed by atoms with Crippen molar-refractivity contribution < 1.29 is 27.5 Å². The van der Waals surface area contributed by atoms with Crippen LogP contribution < -0.4 is 4.90 Å². The zero-order chi connectivity index (χ0) is 25.0. The Kier molecular flexibility index (Phi) is 6.96. The Bertz CT molecular complexity index is 1420. The maximum Gasteiger partial charge on any atom is 0.338 e. The number of sulfone groups is 1. The second kappa shape index (κ2) is 10.1. The number of nitrogens with zero attached hydrogens (tertiary/aromatic N) is 2. The topological polar surface area (TPSA) is 114 Å². The highest BCUT2D eigenvalue weighted by atomic mass is 32.2. The molecule has 1 aliphatic rings. The van der Waals surface area contributed by atoms with Crippen molar-refractivity contribution in [3.8, 4) is 6.07 Å². The van der Waals surface area contributed by atoms with Crippen molar-refractivity contribution in [2.45, 2.75) is 23.3 Å². The molecule has 0 saturated carbocycles. The molecular formula is C26H22N2O6S. The molecule has 8 nitrogen and oxygen atoms in total. The van der Waals surface area contributed by atoms with Crippen LogP contribution in [0.4, 0.5) is 5.69 Å². The van der Waals surface area contributed by atoms with Gasteiger partial charge in [-0.1, -0.05) is 24.3 Å². The van der Waals surface area contributed by atoms with E-state index < -0.39 is 21.7 Å². The van der Waals surface area contributed by atoms with E-state index in [9.17, 15) is 18.0 Å². The fourth-order valence-corrected chi connectivity index (χ4v) is 5.41. The van der Waals surface area contributed by atoms with Crippen molar-refractivity contribution in [2.75, 3.05) is 24.7 Å². The van der Waals surface area contributed by atoms with E-state index >= 15 is 0 Å². The van der Waals surface area contributed by atoms with Crippen molar-refractivity contribution in [3.63, 3.8) is 0 Å². The lowest BCUT2D eigenvalue weighted by molar-refractivity contribution is 0.0335. The van der Waals surface area contributed by atoms with Crippen molar-refractivity contribution in [3.05, 3.63) is 89.0 Å². The number of anilines is 1. The number of nitriles is 1. The smallest absolute Gasteiger partial charge is 0.338 e. The Labute approximate surface area is 203 Å². The molecule has 0 aliphatic carbocycles. The molecule has 0 saturated heterocycles. The van der Waals surface area contributed by atoms with E-state index in [0.29, 0.717) is 17.7 Å². The van der Waals surface area contributed by atoms with E-state index in [2.05, 4.69) is 0 Å². The number of hydrogen-bond acceptors (Lipinski definition) is 7. The second-order valence-corrected chi connectivity index (χ2v) is 9.60. The molecule has 0 unspecified atom stereocenters. The fourth-order valence-electron chi connectivity index (χ4n) is 3.78. The van der Waals surface area contributed by atoms with E-state index in [-0.39, 0.29) is 46.4 Å². The van der Waals surface area contributed by atoms with Gasteiger partial charge in [0, 0.05) is 6.61 Å². The third-order valence-corrected chi connectivity index (χ3v) is 7.38. The highest BCUT2D eigenvalue weighted by Gasteiger charge is 2.36. The number of esters is 1. The van der Waals surface area contributed by atoms with Crippen molar-refractivity contribution in [1.29, 1.82) is 5.26 Å². The lowest BCUT2D eigenvalue weighted by atomic mass is 10.1. The molecule has 0 bridgehead atoms. The van der Waals surface area contributed by atoms with Gasteiger partial charge in [-0.2, -0.15) is 5.26 Å². The summed E-state index contributed by atoms with van der Waals surface area (Å²) in [5, 5.41) is 9.07. The average Bonchev–Trinajstić information content (AvgIpc) is 2.95. The first-order chi connectivity index (χ1) is 16.9. The van der Waals surface area contributed by atoms with Gasteiger partial charge in [-0.05, 0) is 55.0 Å². The average molecular weight is 491 g/mol. The van der Waals surface area contributed by atoms with Gasteiger partial charge in [0.25, 0.3) is 5.91 Å². The standard InChI is InChI=1S/C26H22N2O6S/c1-2-33-13-14-34-26(30)20-11-12-24-22(15-20)28(17-19-9-7-18(16-27)8-10-19)25(29)21-5-3-4-6-23(21)35(24,31)32/h3-12,15H,2,13-14,17H2,1H3. The quantitative estimate of drug-likeness (QED) is 0.366. The maximum absolute atomic E-state index is 13.6. The minimum atomic E-state index is -4.05. The molecule has 1 amide bonds. The monoisotopic (exact) mass is 490 g/mol. The molecular weight excluding hydrogens is 468 g/mol. The van der Waals surface area contributed by atoms with Crippen LogP contribution in [0.3, 0.4) is 0 Å². The van der Waals surface area contributed by atoms with Crippen molar-refractivity contribution in [2.24, 2.45) is 0 Å². The molecule has 0 radical (unpaired) electrons. The first-order valence-corrected chi connectivity index (χ1v) is 12.4. The fraction of sp³-hybridized carbons (Fsp3) is 0.192. The number of ether oxygens (including phenoxy) is 2. The third-order valence-electron chi connectivity index (χ3n) is 5.52. The minimum absolute atomic E-state index is 0.0320. The third kappa shape index (κ3) is 4.80. The molecule has 0 fully saturated rings. The Hall–Kier alpha value is -4.00. The molecule has 3 aromatic carbocycles. The first-order valence-electron chi connectivity index (χ1n) is 10.9. The van der Waals surface area contributed by atoms with Gasteiger partial charge < -0.3 is 14.4 Å². The Morgan fingerprint density at radius 1 is 1.00 bits per heavy atom. The summed E-state index contributed by atoms with van der Waals surface area (Å²) >= 11 is 0. The predicted octanol–water partition coefficient (Wildman–Crippen LogP) is 3.74. The number of carbonyl (C=O) groups excluding carboxylic acids is 2. The lowest BCUT2D eigenvalue weighted by Crippen LogP contribution is -2.30. The Morgan fingerprint density at radius 2 is 1.74 bits per heavy atom. The van der Waals surface area contributed by atoms with E-state index in [1.54, 1.807) is 36.4 Å². The van der Waals surface area contributed by atoms with Crippen LogP contribution in [0.1, 0.15) is 38.8 Å². The van der Waals surface area contributed by atoms with Crippen LogP contribution in [0.5, 0.6) is 0 Å².